The van der Waals surface area contributed by atoms with Crippen molar-refractivity contribution in [1.29, 1.82) is 0 Å². The highest BCUT2D eigenvalue weighted by Gasteiger charge is 2.10. The molecular weight excluding hydrogens is 349 g/mol. The maximum absolute atomic E-state index is 11.7. The Morgan fingerprint density at radius 3 is 2.27 bits per heavy atom. The number of hydrogen-bond acceptors (Lipinski definition) is 3. The lowest BCUT2D eigenvalue weighted by atomic mass is 10.2. The zero-order valence-corrected chi connectivity index (χ0v) is 13.4. The van der Waals surface area contributed by atoms with E-state index in [4.69, 9.17) is 39.5 Å². The van der Waals surface area contributed by atoms with Crippen LogP contribution in [0.25, 0.3) is 0 Å². The molecule has 4 nitrogen and oxygen atoms in total. The first-order chi connectivity index (χ1) is 10.5. The summed E-state index contributed by atoms with van der Waals surface area (Å²) in [6.45, 7) is -0.415. The zero-order valence-electron chi connectivity index (χ0n) is 11.1. The van der Waals surface area contributed by atoms with Crippen molar-refractivity contribution in [3.05, 3.63) is 63.1 Å². The van der Waals surface area contributed by atoms with Crippen LogP contribution < -0.4 is 5.32 Å². The second kappa shape index (κ2) is 7.49. The Balaban J connectivity index is 1.88. The molecule has 2 rings (SSSR count). The predicted octanol–water partition coefficient (Wildman–Crippen LogP) is 4.44. The van der Waals surface area contributed by atoms with Crippen LogP contribution in [-0.4, -0.2) is 18.5 Å². The minimum atomic E-state index is -0.610. The molecule has 0 fully saturated rings. The van der Waals surface area contributed by atoms with E-state index in [-0.39, 0.29) is 0 Å². The second-order valence-electron chi connectivity index (χ2n) is 4.26. The summed E-state index contributed by atoms with van der Waals surface area (Å²) in [7, 11) is 0. The van der Waals surface area contributed by atoms with Crippen LogP contribution >= 0.6 is 34.8 Å². The molecule has 0 aliphatic rings. The lowest BCUT2D eigenvalue weighted by Gasteiger charge is -2.07. The number of ether oxygens (including phenoxy) is 1. The average molecular weight is 359 g/mol. The Morgan fingerprint density at radius 2 is 1.64 bits per heavy atom. The van der Waals surface area contributed by atoms with Crippen molar-refractivity contribution in [1.82, 2.24) is 0 Å². The summed E-state index contributed by atoms with van der Waals surface area (Å²) >= 11 is 17.3. The minimum absolute atomic E-state index is 0.312. The van der Waals surface area contributed by atoms with E-state index in [0.717, 1.165) is 0 Å². The van der Waals surface area contributed by atoms with Gasteiger partial charge in [0.1, 0.15) is 0 Å². The third kappa shape index (κ3) is 4.63. The van der Waals surface area contributed by atoms with Crippen molar-refractivity contribution in [2.75, 3.05) is 11.9 Å². The average Bonchev–Trinajstić information content (AvgIpc) is 2.49. The fourth-order valence-corrected chi connectivity index (χ4v) is 2.00. The Bertz CT molecular complexity index is 702. The predicted molar refractivity (Wildman–Crippen MR) is 86.8 cm³/mol. The second-order valence-corrected chi connectivity index (χ2v) is 5.51. The molecule has 7 heteroatoms. The summed E-state index contributed by atoms with van der Waals surface area (Å²) in [4.78, 5) is 23.4. The van der Waals surface area contributed by atoms with Crippen LogP contribution in [0.3, 0.4) is 0 Å². The maximum atomic E-state index is 11.7. The van der Waals surface area contributed by atoms with Gasteiger partial charge in [0, 0.05) is 10.7 Å². The van der Waals surface area contributed by atoms with Crippen molar-refractivity contribution in [2.24, 2.45) is 0 Å². The summed E-state index contributed by atoms with van der Waals surface area (Å²) in [5.41, 5.74) is 0.772. The molecule has 2 aromatic carbocycles. The number of halogens is 3. The highest BCUT2D eigenvalue weighted by molar-refractivity contribution is 6.42. The maximum Gasteiger partial charge on any atom is 0.338 e. The minimum Gasteiger partial charge on any atom is -0.452 e. The third-order valence-electron chi connectivity index (χ3n) is 2.62. The van der Waals surface area contributed by atoms with Crippen LogP contribution in [-0.2, 0) is 9.53 Å². The van der Waals surface area contributed by atoms with Crippen LogP contribution in [0.5, 0.6) is 0 Å². The molecule has 22 heavy (non-hydrogen) atoms. The number of carbonyl (C=O) groups is 2. The van der Waals surface area contributed by atoms with E-state index < -0.39 is 18.5 Å². The van der Waals surface area contributed by atoms with Crippen molar-refractivity contribution < 1.29 is 14.3 Å². The van der Waals surface area contributed by atoms with Gasteiger partial charge < -0.3 is 10.1 Å². The van der Waals surface area contributed by atoms with Gasteiger partial charge in [0.25, 0.3) is 5.91 Å². The molecule has 0 aliphatic carbocycles. The molecule has 0 aromatic heterocycles. The van der Waals surface area contributed by atoms with E-state index in [0.29, 0.717) is 26.3 Å². The topological polar surface area (TPSA) is 55.4 Å². The van der Waals surface area contributed by atoms with Crippen LogP contribution in [0, 0.1) is 0 Å². The summed E-state index contributed by atoms with van der Waals surface area (Å²) in [6.07, 6.45) is 0. The molecule has 0 heterocycles. The van der Waals surface area contributed by atoms with E-state index in [9.17, 15) is 9.59 Å². The first-order valence-electron chi connectivity index (χ1n) is 6.13. The largest absolute Gasteiger partial charge is 0.452 e. The van der Waals surface area contributed by atoms with Crippen LogP contribution in [0.2, 0.25) is 15.1 Å². The van der Waals surface area contributed by atoms with Gasteiger partial charge in [0.2, 0.25) is 0 Å². The number of amides is 1. The monoisotopic (exact) mass is 357 g/mol. The number of nitrogens with one attached hydrogen (secondary N) is 1. The lowest BCUT2D eigenvalue weighted by molar-refractivity contribution is -0.119. The SMILES string of the molecule is O=C(COC(=O)c1ccc(Cl)cc1)Nc1ccc(Cl)c(Cl)c1. The van der Waals surface area contributed by atoms with Gasteiger partial charge in [-0.1, -0.05) is 34.8 Å². The number of carbonyl (C=O) groups excluding carboxylic acids is 2. The van der Waals surface area contributed by atoms with Gasteiger partial charge in [-0.15, -0.1) is 0 Å². The third-order valence-corrected chi connectivity index (χ3v) is 3.61. The quantitative estimate of drug-likeness (QED) is 0.822. The summed E-state index contributed by atoms with van der Waals surface area (Å²) in [6, 6.07) is 10.8. The molecule has 0 radical (unpaired) electrons. The number of anilines is 1. The fourth-order valence-electron chi connectivity index (χ4n) is 1.57. The van der Waals surface area contributed by atoms with E-state index in [2.05, 4.69) is 5.32 Å². The van der Waals surface area contributed by atoms with Gasteiger partial charge in [-0.2, -0.15) is 0 Å². The first-order valence-corrected chi connectivity index (χ1v) is 7.26. The van der Waals surface area contributed by atoms with Crippen LogP contribution in [0.1, 0.15) is 10.4 Å². The summed E-state index contributed by atoms with van der Waals surface area (Å²) in [5.74, 6) is -1.10. The smallest absolute Gasteiger partial charge is 0.338 e. The summed E-state index contributed by atoms with van der Waals surface area (Å²) < 4.78 is 4.90. The Morgan fingerprint density at radius 1 is 0.955 bits per heavy atom. The molecule has 114 valence electrons. The molecule has 1 N–H and O–H groups in total. The first kappa shape index (κ1) is 16.6. The highest BCUT2D eigenvalue weighted by Crippen LogP contribution is 2.24. The molecule has 0 spiro atoms. The molecule has 0 atom stereocenters. The Hall–Kier alpha value is -1.75. The molecule has 2 aromatic rings. The van der Waals surface area contributed by atoms with E-state index in [1.165, 1.54) is 18.2 Å². The number of esters is 1. The zero-order chi connectivity index (χ0) is 16.1. The summed E-state index contributed by atoms with van der Waals surface area (Å²) in [5, 5.41) is 3.75. The molecular formula is C15H10Cl3NO3. The van der Waals surface area contributed by atoms with Gasteiger partial charge >= 0.3 is 5.97 Å². The molecule has 0 bridgehead atoms. The van der Waals surface area contributed by atoms with Crippen LogP contribution in [0.4, 0.5) is 5.69 Å². The standard InChI is InChI=1S/C15H10Cl3NO3/c16-10-3-1-9(2-4-10)15(21)22-8-14(20)19-11-5-6-12(17)13(18)7-11/h1-7H,8H2,(H,19,20). The number of benzene rings is 2. The lowest BCUT2D eigenvalue weighted by Crippen LogP contribution is -2.20. The molecule has 0 saturated heterocycles. The van der Waals surface area contributed by atoms with Crippen molar-refractivity contribution in [2.45, 2.75) is 0 Å². The number of rotatable bonds is 4. The molecule has 0 aliphatic heterocycles. The van der Waals surface area contributed by atoms with Gasteiger partial charge in [0.05, 0.1) is 15.6 Å². The normalized spacial score (nSPS) is 10.1. The van der Waals surface area contributed by atoms with E-state index >= 15 is 0 Å². The highest BCUT2D eigenvalue weighted by atomic mass is 35.5. The van der Waals surface area contributed by atoms with E-state index in [1.54, 1.807) is 24.3 Å². The molecule has 1 amide bonds. The van der Waals surface area contributed by atoms with Gasteiger partial charge in [-0.3, -0.25) is 4.79 Å². The van der Waals surface area contributed by atoms with Gasteiger partial charge in [-0.25, -0.2) is 4.79 Å². The van der Waals surface area contributed by atoms with Gasteiger partial charge in [-0.05, 0) is 42.5 Å². The van der Waals surface area contributed by atoms with E-state index in [1.807, 2.05) is 0 Å². The fraction of sp³-hybridized carbons (Fsp3) is 0.0667. The van der Waals surface area contributed by atoms with Crippen molar-refractivity contribution in [3.8, 4) is 0 Å². The van der Waals surface area contributed by atoms with Crippen molar-refractivity contribution in [3.63, 3.8) is 0 Å². The number of hydrogen-bond donors (Lipinski definition) is 1. The van der Waals surface area contributed by atoms with Crippen LogP contribution in [0.15, 0.2) is 42.5 Å². The molecule has 0 unspecified atom stereocenters. The van der Waals surface area contributed by atoms with Crippen molar-refractivity contribution >= 4 is 52.4 Å². The molecule has 0 saturated carbocycles. The van der Waals surface area contributed by atoms with Gasteiger partial charge in [0.15, 0.2) is 6.61 Å². The Labute approximate surface area is 141 Å². The Kier molecular flexibility index (Phi) is 5.66.